The maximum absolute atomic E-state index is 9.54. The van der Waals surface area contributed by atoms with Crippen molar-refractivity contribution in [2.45, 2.75) is 43.1 Å². The lowest BCUT2D eigenvalue weighted by Gasteiger charge is -2.55. The van der Waals surface area contributed by atoms with Crippen LogP contribution in [-0.4, -0.2) is 58.4 Å². The van der Waals surface area contributed by atoms with Crippen LogP contribution in [-0.2, 0) is 14.2 Å². The lowest BCUT2D eigenvalue weighted by Crippen LogP contribution is -2.75. The van der Waals surface area contributed by atoms with E-state index in [1.807, 2.05) is 0 Å². The van der Waals surface area contributed by atoms with Gasteiger partial charge in [-0.1, -0.05) is 0 Å². The van der Waals surface area contributed by atoms with Crippen molar-refractivity contribution in [2.75, 3.05) is 0 Å². The van der Waals surface area contributed by atoms with Crippen molar-refractivity contribution < 1.29 is 29.5 Å². The summed E-state index contributed by atoms with van der Waals surface area (Å²) < 4.78 is 15.1. The molecule has 3 aliphatic heterocycles. The minimum atomic E-state index is -0.985. The molecule has 4 rings (SSSR count). The molecule has 1 aliphatic carbocycles. The molecular formula is C7H10O6. The molecule has 6 nitrogen and oxygen atoms in total. The molecule has 4 fully saturated rings. The Morgan fingerprint density at radius 1 is 0.615 bits per heavy atom. The molecule has 0 aromatic heterocycles. The largest absolute Gasteiger partial charge is 0.387 e. The fourth-order valence-electron chi connectivity index (χ4n) is 2.13. The monoisotopic (exact) mass is 190 g/mol. The first-order valence-corrected chi connectivity index (χ1v) is 4.19. The molecule has 0 aromatic carbocycles. The first-order valence-electron chi connectivity index (χ1n) is 4.19. The van der Waals surface area contributed by atoms with Gasteiger partial charge in [0.25, 0.3) is 6.48 Å². The first kappa shape index (κ1) is 8.10. The number of aliphatic hydroxyl groups excluding tert-OH is 3. The molecule has 13 heavy (non-hydrogen) atoms. The van der Waals surface area contributed by atoms with E-state index in [0.29, 0.717) is 0 Å². The molecule has 0 radical (unpaired) electrons. The molecule has 0 unspecified atom stereocenters. The van der Waals surface area contributed by atoms with Crippen LogP contribution in [0.4, 0.5) is 0 Å². The highest BCUT2D eigenvalue weighted by atomic mass is 16.9. The number of aliphatic hydroxyl groups is 3. The third-order valence-corrected chi connectivity index (χ3v) is 2.82. The lowest BCUT2D eigenvalue weighted by molar-refractivity contribution is -0.481. The Kier molecular flexibility index (Phi) is 1.50. The van der Waals surface area contributed by atoms with Crippen LogP contribution in [0.25, 0.3) is 0 Å². The zero-order valence-corrected chi connectivity index (χ0v) is 6.61. The second-order valence-corrected chi connectivity index (χ2v) is 3.56. The van der Waals surface area contributed by atoms with Crippen molar-refractivity contribution >= 4 is 0 Å². The quantitative estimate of drug-likeness (QED) is 0.393. The molecular weight excluding hydrogens is 180 g/mol. The maximum atomic E-state index is 9.54. The van der Waals surface area contributed by atoms with Crippen molar-refractivity contribution in [3.8, 4) is 0 Å². The molecule has 3 heterocycles. The van der Waals surface area contributed by atoms with E-state index in [4.69, 9.17) is 14.2 Å². The standard InChI is InChI=1S/C7H10O6/c8-1-4-2(9)6-3(10)5(1)12-7(11-4)13-6/h1-10H/t1-,2+,3?,4?,5-,6?,7?/m0/s1. The number of hydrogen-bond donors (Lipinski definition) is 3. The minimum Gasteiger partial charge on any atom is -0.387 e. The number of rotatable bonds is 0. The van der Waals surface area contributed by atoms with Gasteiger partial charge in [-0.05, 0) is 0 Å². The Labute approximate surface area is 73.6 Å². The smallest absolute Gasteiger partial charge is 0.272 e. The maximum Gasteiger partial charge on any atom is 0.272 e. The highest BCUT2D eigenvalue weighted by Crippen LogP contribution is 2.39. The summed E-state index contributed by atoms with van der Waals surface area (Å²) in [5, 5.41) is 28.6. The van der Waals surface area contributed by atoms with Crippen LogP contribution in [0.15, 0.2) is 0 Å². The molecule has 0 amide bonds. The minimum absolute atomic E-state index is 0.703. The molecule has 3 N–H and O–H groups in total. The van der Waals surface area contributed by atoms with Gasteiger partial charge in [-0.25, -0.2) is 0 Å². The summed E-state index contributed by atoms with van der Waals surface area (Å²) in [6.45, 7) is -0.852. The normalized spacial score (nSPS) is 64.4. The molecule has 4 bridgehead atoms. The molecule has 6 heteroatoms. The van der Waals surface area contributed by atoms with Crippen LogP contribution in [0.5, 0.6) is 0 Å². The van der Waals surface area contributed by atoms with Gasteiger partial charge < -0.3 is 29.5 Å². The highest BCUT2D eigenvalue weighted by molar-refractivity contribution is 5.05. The lowest BCUT2D eigenvalue weighted by atomic mass is 9.83. The van der Waals surface area contributed by atoms with Crippen LogP contribution in [0.1, 0.15) is 0 Å². The summed E-state index contributed by atoms with van der Waals surface area (Å²) in [6.07, 6.45) is -5.06. The van der Waals surface area contributed by atoms with Gasteiger partial charge in [0.1, 0.15) is 36.6 Å². The summed E-state index contributed by atoms with van der Waals surface area (Å²) in [5.41, 5.74) is 0. The van der Waals surface area contributed by atoms with Crippen LogP contribution >= 0.6 is 0 Å². The molecule has 1 saturated carbocycles. The second-order valence-electron chi connectivity index (χ2n) is 3.56. The molecule has 3 saturated heterocycles. The van der Waals surface area contributed by atoms with Crippen LogP contribution < -0.4 is 0 Å². The topological polar surface area (TPSA) is 88.4 Å². The molecule has 0 spiro atoms. The third-order valence-electron chi connectivity index (χ3n) is 2.82. The van der Waals surface area contributed by atoms with Crippen molar-refractivity contribution in [3.05, 3.63) is 0 Å². The predicted molar refractivity (Wildman–Crippen MR) is 36.4 cm³/mol. The SMILES string of the molecule is OC1C2OC3OC([C@H]2O)[C@H](O)[C@@H]1O3. The van der Waals surface area contributed by atoms with Crippen molar-refractivity contribution in [3.63, 3.8) is 0 Å². The Morgan fingerprint density at radius 3 is 1.23 bits per heavy atom. The van der Waals surface area contributed by atoms with E-state index in [-0.39, 0.29) is 0 Å². The molecule has 0 atom stereocenters. The van der Waals surface area contributed by atoms with Crippen molar-refractivity contribution in [1.29, 1.82) is 0 Å². The fourth-order valence-corrected chi connectivity index (χ4v) is 2.13. The van der Waals surface area contributed by atoms with E-state index in [2.05, 4.69) is 0 Å². The van der Waals surface area contributed by atoms with Crippen molar-refractivity contribution in [2.24, 2.45) is 0 Å². The summed E-state index contributed by atoms with van der Waals surface area (Å²) >= 11 is 0. The second kappa shape index (κ2) is 2.41. The highest BCUT2D eigenvalue weighted by Gasteiger charge is 2.60. The van der Waals surface area contributed by atoms with E-state index in [1.165, 1.54) is 0 Å². The zero-order valence-electron chi connectivity index (χ0n) is 6.61. The molecule has 4 aliphatic rings. The van der Waals surface area contributed by atoms with Crippen LogP contribution in [0.2, 0.25) is 0 Å². The van der Waals surface area contributed by atoms with Gasteiger partial charge in [-0.3, -0.25) is 0 Å². The molecule has 74 valence electrons. The predicted octanol–water partition coefficient (Wildman–Crippen LogP) is -2.45. The van der Waals surface area contributed by atoms with Crippen LogP contribution in [0.3, 0.4) is 0 Å². The average molecular weight is 190 g/mol. The van der Waals surface area contributed by atoms with Gasteiger partial charge in [0.2, 0.25) is 0 Å². The van der Waals surface area contributed by atoms with Gasteiger partial charge in [0, 0.05) is 0 Å². The molecule has 0 aromatic rings. The first-order chi connectivity index (χ1) is 6.18. The van der Waals surface area contributed by atoms with Gasteiger partial charge in [-0.15, -0.1) is 0 Å². The van der Waals surface area contributed by atoms with E-state index in [0.717, 1.165) is 0 Å². The van der Waals surface area contributed by atoms with Crippen LogP contribution in [0, 0.1) is 0 Å². The van der Waals surface area contributed by atoms with E-state index >= 15 is 0 Å². The Bertz CT molecular complexity index is 183. The van der Waals surface area contributed by atoms with E-state index in [9.17, 15) is 15.3 Å². The van der Waals surface area contributed by atoms with Gasteiger partial charge >= 0.3 is 0 Å². The number of hydrogen-bond acceptors (Lipinski definition) is 6. The summed E-state index contributed by atoms with van der Waals surface area (Å²) in [5.74, 6) is 0. The summed E-state index contributed by atoms with van der Waals surface area (Å²) in [7, 11) is 0. The van der Waals surface area contributed by atoms with Crippen molar-refractivity contribution in [1.82, 2.24) is 0 Å². The average Bonchev–Trinajstić information content (AvgIpc) is 2.12. The van der Waals surface area contributed by atoms with Gasteiger partial charge in [0.05, 0.1) is 0 Å². The van der Waals surface area contributed by atoms with Gasteiger partial charge in [0.15, 0.2) is 0 Å². The van der Waals surface area contributed by atoms with E-state index in [1.54, 1.807) is 0 Å². The number of ether oxygens (including phenoxy) is 3. The Morgan fingerprint density at radius 2 is 0.923 bits per heavy atom. The zero-order chi connectivity index (χ0) is 9.16. The summed E-state index contributed by atoms with van der Waals surface area (Å²) in [4.78, 5) is 0. The Balaban J connectivity index is 1.97. The van der Waals surface area contributed by atoms with Gasteiger partial charge in [-0.2, -0.15) is 0 Å². The fraction of sp³-hybridized carbons (Fsp3) is 1.00. The summed E-state index contributed by atoms with van der Waals surface area (Å²) in [6, 6.07) is 0. The Hall–Kier alpha value is -0.240. The third kappa shape index (κ3) is 0.876. The van der Waals surface area contributed by atoms with E-state index < -0.39 is 43.1 Å².